The standard InChI is InChI=1S/C20H24N8O3S/c1-12(24-20(30)31)18(29)22-8-9-28(3)17-10-16(25-13(2)26-17)27-19-23-11-15(32-19)14-4-6-21-7-5-14/h4-7,10-12,24H,8-9H2,1-3H3,(H,22,29)(H,30,31)(H,23,25,26,27)/t12-/m0/s1. The fourth-order valence-electron chi connectivity index (χ4n) is 2.77. The number of rotatable bonds is 9. The van der Waals surface area contributed by atoms with Crippen LogP contribution in [0.15, 0.2) is 36.8 Å². The molecule has 0 aliphatic rings. The molecule has 3 aromatic heterocycles. The topological polar surface area (TPSA) is 145 Å². The highest BCUT2D eigenvalue weighted by molar-refractivity contribution is 7.18. The predicted octanol–water partition coefficient (Wildman–Crippen LogP) is 2.26. The minimum atomic E-state index is -1.24. The summed E-state index contributed by atoms with van der Waals surface area (Å²) in [7, 11) is 1.85. The maximum absolute atomic E-state index is 11.9. The zero-order valence-electron chi connectivity index (χ0n) is 17.9. The molecule has 1 atom stereocenters. The molecule has 3 aromatic rings. The Balaban J connectivity index is 1.60. The number of aromatic nitrogens is 4. The van der Waals surface area contributed by atoms with Crippen LogP contribution in [0.5, 0.6) is 0 Å². The molecule has 0 saturated carbocycles. The molecule has 12 heteroatoms. The van der Waals surface area contributed by atoms with E-state index in [1.807, 2.05) is 24.1 Å². The number of nitrogens with zero attached hydrogens (tertiary/aromatic N) is 5. The van der Waals surface area contributed by atoms with Crippen molar-refractivity contribution < 1.29 is 14.7 Å². The summed E-state index contributed by atoms with van der Waals surface area (Å²) >= 11 is 1.51. The normalized spacial score (nSPS) is 11.5. The summed E-state index contributed by atoms with van der Waals surface area (Å²) in [6.45, 7) is 4.09. The summed E-state index contributed by atoms with van der Waals surface area (Å²) in [6.07, 6.45) is 4.04. The molecule has 3 rings (SSSR count). The van der Waals surface area contributed by atoms with Crippen molar-refractivity contribution >= 4 is 40.1 Å². The molecular formula is C20H24N8O3S. The maximum Gasteiger partial charge on any atom is 0.405 e. The van der Waals surface area contributed by atoms with Gasteiger partial charge in [0.1, 0.15) is 23.5 Å². The first-order valence-electron chi connectivity index (χ1n) is 9.79. The van der Waals surface area contributed by atoms with Gasteiger partial charge in [-0.3, -0.25) is 9.78 Å². The predicted molar refractivity (Wildman–Crippen MR) is 122 cm³/mol. The summed E-state index contributed by atoms with van der Waals surface area (Å²) in [5.41, 5.74) is 1.04. The average Bonchev–Trinajstić information content (AvgIpc) is 3.21. The summed E-state index contributed by atoms with van der Waals surface area (Å²) in [5, 5.41) is 17.4. The molecule has 168 valence electrons. The molecule has 0 spiro atoms. The van der Waals surface area contributed by atoms with Crippen molar-refractivity contribution in [3.05, 3.63) is 42.6 Å². The van der Waals surface area contributed by atoms with Crippen LogP contribution in [0.2, 0.25) is 0 Å². The van der Waals surface area contributed by atoms with Crippen molar-refractivity contribution in [3.8, 4) is 10.4 Å². The number of hydrogen-bond acceptors (Lipinski definition) is 9. The molecule has 0 aromatic carbocycles. The highest BCUT2D eigenvalue weighted by Crippen LogP contribution is 2.30. The number of aryl methyl sites for hydroxylation is 1. The highest BCUT2D eigenvalue weighted by atomic mass is 32.1. The Morgan fingerprint density at radius 2 is 2.00 bits per heavy atom. The Bertz CT molecular complexity index is 1080. The lowest BCUT2D eigenvalue weighted by molar-refractivity contribution is -0.122. The molecule has 0 bridgehead atoms. The van der Waals surface area contributed by atoms with Crippen molar-refractivity contribution in [3.63, 3.8) is 0 Å². The van der Waals surface area contributed by atoms with Crippen LogP contribution in [0.4, 0.5) is 21.6 Å². The smallest absolute Gasteiger partial charge is 0.405 e. The van der Waals surface area contributed by atoms with E-state index >= 15 is 0 Å². The highest BCUT2D eigenvalue weighted by Gasteiger charge is 2.15. The number of carbonyl (C=O) groups excluding carboxylic acids is 1. The third-order valence-electron chi connectivity index (χ3n) is 4.40. The minimum Gasteiger partial charge on any atom is -0.465 e. The monoisotopic (exact) mass is 456 g/mol. The Kier molecular flexibility index (Phi) is 7.49. The molecule has 11 nitrogen and oxygen atoms in total. The van der Waals surface area contributed by atoms with E-state index in [4.69, 9.17) is 5.11 Å². The van der Waals surface area contributed by atoms with Gasteiger partial charge in [-0.2, -0.15) is 0 Å². The summed E-state index contributed by atoms with van der Waals surface area (Å²) in [6, 6.07) is 4.83. The van der Waals surface area contributed by atoms with E-state index < -0.39 is 18.0 Å². The van der Waals surface area contributed by atoms with Gasteiger partial charge >= 0.3 is 6.09 Å². The molecule has 0 unspecified atom stereocenters. The number of amides is 2. The Morgan fingerprint density at radius 3 is 2.72 bits per heavy atom. The van der Waals surface area contributed by atoms with Gasteiger partial charge in [0, 0.05) is 44.8 Å². The molecule has 0 aliphatic carbocycles. The first kappa shape index (κ1) is 22.9. The number of pyridine rings is 1. The first-order valence-corrected chi connectivity index (χ1v) is 10.6. The Hall–Kier alpha value is -3.80. The van der Waals surface area contributed by atoms with Gasteiger partial charge in [-0.05, 0) is 31.5 Å². The van der Waals surface area contributed by atoms with Crippen molar-refractivity contribution in [1.82, 2.24) is 30.6 Å². The van der Waals surface area contributed by atoms with Crippen LogP contribution in [0.25, 0.3) is 10.4 Å². The van der Waals surface area contributed by atoms with E-state index in [2.05, 4.69) is 35.9 Å². The SMILES string of the molecule is Cc1nc(Nc2ncc(-c3ccncc3)s2)cc(N(C)CCNC(=O)[C@H](C)NC(=O)O)n1. The average molecular weight is 457 g/mol. The molecule has 3 heterocycles. The van der Waals surface area contributed by atoms with Crippen LogP contribution in [-0.4, -0.2) is 63.2 Å². The second kappa shape index (κ2) is 10.5. The quantitative estimate of drug-likeness (QED) is 0.381. The zero-order chi connectivity index (χ0) is 23.1. The van der Waals surface area contributed by atoms with Crippen LogP contribution in [0.3, 0.4) is 0 Å². The molecular weight excluding hydrogens is 432 g/mol. The first-order chi connectivity index (χ1) is 15.3. The number of hydrogen-bond donors (Lipinski definition) is 4. The van der Waals surface area contributed by atoms with E-state index in [0.717, 1.165) is 10.4 Å². The lowest BCUT2D eigenvalue weighted by Crippen LogP contribution is -2.46. The molecule has 0 saturated heterocycles. The number of carbonyl (C=O) groups is 2. The van der Waals surface area contributed by atoms with Gasteiger partial charge in [-0.15, -0.1) is 0 Å². The lowest BCUT2D eigenvalue weighted by Gasteiger charge is -2.20. The van der Waals surface area contributed by atoms with E-state index in [9.17, 15) is 9.59 Å². The van der Waals surface area contributed by atoms with E-state index in [1.54, 1.807) is 31.6 Å². The molecule has 0 aliphatic heterocycles. The summed E-state index contributed by atoms with van der Waals surface area (Å²) < 4.78 is 0. The van der Waals surface area contributed by atoms with Gasteiger partial charge in [-0.25, -0.2) is 19.7 Å². The van der Waals surface area contributed by atoms with Crippen molar-refractivity contribution in [2.75, 3.05) is 30.4 Å². The number of likely N-dealkylation sites (N-methyl/N-ethyl adjacent to an activating group) is 1. The number of thiazole rings is 1. The Labute approximate surface area is 189 Å². The molecule has 0 fully saturated rings. The minimum absolute atomic E-state index is 0.328. The molecule has 0 radical (unpaired) electrons. The largest absolute Gasteiger partial charge is 0.465 e. The number of anilines is 3. The van der Waals surface area contributed by atoms with E-state index in [1.165, 1.54) is 18.3 Å². The van der Waals surface area contributed by atoms with Gasteiger partial charge in [-0.1, -0.05) is 11.3 Å². The van der Waals surface area contributed by atoms with E-state index in [-0.39, 0.29) is 0 Å². The van der Waals surface area contributed by atoms with Crippen molar-refractivity contribution in [2.45, 2.75) is 19.9 Å². The van der Waals surface area contributed by atoms with Crippen LogP contribution in [0, 0.1) is 6.92 Å². The Morgan fingerprint density at radius 1 is 1.25 bits per heavy atom. The maximum atomic E-state index is 11.9. The van der Waals surface area contributed by atoms with Gasteiger partial charge in [0.05, 0.1) is 4.88 Å². The molecule has 4 N–H and O–H groups in total. The van der Waals surface area contributed by atoms with Crippen LogP contribution in [-0.2, 0) is 4.79 Å². The van der Waals surface area contributed by atoms with E-state index in [0.29, 0.717) is 35.7 Å². The second-order valence-electron chi connectivity index (χ2n) is 6.93. The van der Waals surface area contributed by atoms with Crippen molar-refractivity contribution in [2.24, 2.45) is 0 Å². The number of nitrogens with one attached hydrogen (secondary N) is 3. The fraction of sp³-hybridized carbons (Fsp3) is 0.300. The third-order valence-corrected chi connectivity index (χ3v) is 5.36. The van der Waals surface area contributed by atoms with Crippen LogP contribution >= 0.6 is 11.3 Å². The van der Waals surface area contributed by atoms with Gasteiger partial charge in [0.2, 0.25) is 5.91 Å². The molecule has 32 heavy (non-hydrogen) atoms. The fourth-order valence-corrected chi connectivity index (χ4v) is 3.60. The van der Waals surface area contributed by atoms with Crippen LogP contribution < -0.4 is 20.9 Å². The summed E-state index contributed by atoms with van der Waals surface area (Å²) in [4.78, 5) is 42.7. The summed E-state index contributed by atoms with van der Waals surface area (Å²) in [5.74, 6) is 1.48. The second-order valence-corrected chi connectivity index (χ2v) is 7.96. The lowest BCUT2D eigenvalue weighted by atomic mass is 10.2. The van der Waals surface area contributed by atoms with Crippen molar-refractivity contribution in [1.29, 1.82) is 0 Å². The molecule has 2 amide bonds. The van der Waals surface area contributed by atoms with Gasteiger partial charge in [0.25, 0.3) is 0 Å². The van der Waals surface area contributed by atoms with Crippen LogP contribution in [0.1, 0.15) is 12.7 Å². The van der Waals surface area contributed by atoms with Gasteiger partial charge in [0.15, 0.2) is 5.13 Å². The zero-order valence-corrected chi connectivity index (χ0v) is 18.7. The number of carboxylic acid groups (broad SMARTS) is 1. The van der Waals surface area contributed by atoms with Gasteiger partial charge < -0.3 is 26.0 Å². The third kappa shape index (κ3) is 6.35.